The second-order valence-corrected chi connectivity index (χ2v) is 8.81. The first kappa shape index (κ1) is 18.7. The Hall–Kier alpha value is -1.13. The van der Waals surface area contributed by atoms with Crippen molar-refractivity contribution in [3.8, 4) is 0 Å². The second-order valence-electron chi connectivity index (χ2n) is 6.95. The van der Waals surface area contributed by atoms with Crippen LogP contribution in [0.25, 0.3) is 0 Å². The number of rotatable bonds is 2. The van der Waals surface area contributed by atoms with E-state index in [2.05, 4.69) is 5.10 Å². The fourth-order valence-corrected chi connectivity index (χ4v) is 6.01. The van der Waals surface area contributed by atoms with E-state index in [1.807, 2.05) is 0 Å². The molecule has 1 spiro atoms. The van der Waals surface area contributed by atoms with E-state index in [9.17, 15) is 21.6 Å². The average molecular weight is 381 g/mol. The molecule has 25 heavy (non-hydrogen) atoms. The Labute approximate surface area is 145 Å². The minimum atomic E-state index is -4.34. The highest BCUT2D eigenvalue weighted by Crippen LogP contribution is 2.51. The summed E-state index contributed by atoms with van der Waals surface area (Å²) in [6.07, 6.45) is -2.68. The van der Waals surface area contributed by atoms with Gasteiger partial charge in [0.05, 0.1) is 12.1 Å². The maximum absolute atomic E-state index is 13.6. The first-order valence-corrected chi connectivity index (χ1v) is 9.65. The maximum Gasteiger partial charge on any atom is 0.392 e. The van der Waals surface area contributed by atoms with Crippen LogP contribution in [0.4, 0.5) is 13.2 Å². The molecule has 2 aliphatic heterocycles. The van der Waals surface area contributed by atoms with Gasteiger partial charge in [0.1, 0.15) is 0 Å². The molecule has 2 aliphatic rings. The van der Waals surface area contributed by atoms with Gasteiger partial charge < -0.3 is 4.74 Å². The lowest BCUT2D eigenvalue weighted by atomic mass is 9.66. The number of ether oxygens (including phenoxy) is 1. The third kappa shape index (κ3) is 3.19. The van der Waals surface area contributed by atoms with Gasteiger partial charge in [0.15, 0.2) is 5.03 Å². The average Bonchev–Trinajstić information content (AvgIpc) is 2.86. The number of nitrogens with zero attached hydrogens (tertiary/aromatic N) is 3. The molecule has 2 fully saturated rings. The fraction of sp³-hybridized carbons (Fsp3) is 0.800. The van der Waals surface area contributed by atoms with Gasteiger partial charge in [-0.05, 0) is 26.2 Å². The van der Waals surface area contributed by atoms with E-state index in [0.717, 1.165) is 0 Å². The van der Waals surface area contributed by atoms with Crippen molar-refractivity contribution in [3.63, 3.8) is 0 Å². The number of halogens is 3. The molecule has 0 unspecified atom stereocenters. The Morgan fingerprint density at radius 3 is 2.48 bits per heavy atom. The molecule has 2 saturated heterocycles. The van der Waals surface area contributed by atoms with Gasteiger partial charge in [-0.2, -0.15) is 22.6 Å². The Balaban J connectivity index is 1.96. The topological polar surface area (TPSA) is 64.4 Å². The first-order chi connectivity index (χ1) is 11.6. The standard InChI is InChI=1S/C15H22F3N3O3S/c1-11-9-19-20(2)13(11)25(22,23)21-6-3-12(15(16,17)18)14(10-21)4-7-24-8-5-14/h9,12H,3-8,10H2,1-2H3/t12-/m0/s1. The summed E-state index contributed by atoms with van der Waals surface area (Å²) in [7, 11) is -2.38. The molecule has 0 saturated carbocycles. The molecule has 10 heteroatoms. The largest absolute Gasteiger partial charge is 0.392 e. The van der Waals surface area contributed by atoms with Crippen LogP contribution in [-0.4, -0.2) is 55.0 Å². The Morgan fingerprint density at radius 2 is 1.96 bits per heavy atom. The summed E-state index contributed by atoms with van der Waals surface area (Å²) in [6.45, 7) is 1.82. The lowest BCUT2D eigenvalue weighted by Crippen LogP contribution is -2.56. The molecule has 0 aromatic carbocycles. The number of piperidine rings is 1. The van der Waals surface area contributed by atoms with Gasteiger partial charge in [0, 0.05) is 44.3 Å². The molecule has 0 bridgehead atoms. The van der Waals surface area contributed by atoms with Crippen LogP contribution < -0.4 is 0 Å². The smallest absolute Gasteiger partial charge is 0.381 e. The summed E-state index contributed by atoms with van der Waals surface area (Å²) in [4.78, 5) is 0. The Kier molecular flexibility index (Phi) is 4.66. The molecule has 3 rings (SSSR count). The van der Waals surface area contributed by atoms with Gasteiger partial charge in [0.25, 0.3) is 10.0 Å². The highest BCUT2D eigenvalue weighted by molar-refractivity contribution is 7.89. The number of hydrogen-bond acceptors (Lipinski definition) is 4. The van der Waals surface area contributed by atoms with Crippen molar-refractivity contribution in [1.29, 1.82) is 0 Å². The van der Waals surface area contributed by atoms with E-state index in [-0.39, 0.29) is 50.6 Å². The Morgan fingerprint density at radius 1 is 1.32 bits per heavy atom. The van der Waals surface area contributed by atoms with Crippen LogP contribution in [0.5, 0.6) is 0 Å². The van der Waals surface area contributed by atoms with Gasteiger partial charge in [0.2, 0.25) is 0 Å². The molecule has 0 amide bonds. The van der Waals surface area contributed by atoms with Crippen LogP contribution in [0.2, 0.25) is 0 Å². The number of alkyl halides is 3. The molecule has 1 aromatic rings. The van der Waals surface area contributed by atoms with E-state index in [1.165, 1.54) is 22.2 Å². The molecule has 0 aliphatic carbocycles. The van der Waals surface area contributed by atoms with Gasteiger partial charge in [-0.1, -0.05) is 0 Å². The zero-order chi connectivity index (χ0) is 18.5. The predicted octanol–water partition coefficient (Wildman–Crippen LogP) is 2.10. The molecule has 6 nitrogen and oxygen atoms in total. The van der Waals surface area contributed by atoms with E-state index in [0.29, 0.717) is 5.56 Å². The van der Waals surface area contributed by atoms with Crippen LogP contribution in [0.1, 0.15) is 24.8 Å². The van der Waals surface area contributed by atoms with E-state index < -0.39 is 27.5 Å². The molecule has 1 atom stereocenters. The lowest BCUT2D eigenvalue weighted by Gasteiger charge is -2.50. The molecular formula is C15H22F3N3O3S. The molecule has 3 heterocycles. The second kappa shape index (κ2) is 6.24. The monoisotopic (exact) mass is 381 g/mol. The third-order valence-corrected chi connectivity index (χ3v) is 7.49. The maximum atomic E-state index is 13.6. The van der Waals surface area contributed by atoms with Crippen LogP contribution in [0.3, 0.4) is 0 Å². The van der Waals surface area contributed by atoms with Crippen LogP contribution in [0.15, 0.2) is 11.2 Å². The molecule has 1 aromatic heterocycles. The van der Waals surface area contributed by atoms with Gasteiger partial charge in [-0.25, -0.2) is 8.42 Å². The molecule has 0 radical (unpaired) electrons. The van der Waals surface area contributed by atoms with Crippen molar-refractivity contribution in [2.24, 2.45) is 18.4 Å². The summed E-state index contributed by atoms with van der Waals surface area (Å²) in [5.74, 6) is -1.50. The lowest BCUT2D eigenvalue weighted by molar-refractivity contribution is -0.231. The van der Waals surface area contributed by atoms with E-state index in [1.54, 1.807) is 6.92 Å². The fourth-order valence-electron chi connectivity index (χ4n) is 4.15. The minimum absolute atomic E-state index is 0.0418. The van der Waals surface area contributed by atoms with Crippen molar-refractivity contribution in [1.82, 2.24) is 14.1 Å². The van der Waals surface area contributed by atoms with Crippen molar-refractivity contribution < 1.29 is 26.3 Å². The minimum Gasteiger partial charge on any atom is -0.381 e. The zero-order valence-corrected chi connectivity index (χ0v) is 15.0. The molecular weight excluding hydrogens is 359 g/mol. The zero-order valence-electron chi connectivity index (χ0n) is 14.2. The van der Waals surface area contributed by atoms with E-state index >= 15 is 0 Å². The van der Waals surface area contributed by atoms with Gasteiger partial charge in [-0.3, -0.25) is 4.68 Å². The van der Waals surface area contributed by atoms with E-state index in [4.69, 9.17) is 4.74 Å². The third-order valence-electron chi connectivity index (χ3n) is 5.42. The van der Waals surface area contributed by atoms with Crippen molar-refractivity contribution >= 4 is 10.0 Å². The van der Waals surface area contributed by atoms with Gasteiger partial charge in [-0.15, -0.1) is 0 Å². The summed E-state index contributed by atoms with van der Waals surface area (Å²) >= 11 is 0. The predicted molar refractivity (Wildman–Crippen MR) is 83.4 cm³/mol. The van der Waals surface area contributed by atoms with Crippen LogP contribution >= 0.6 is 0 Å². The summed E-state index contributed by atoms with van der Waals surface area (Å²) in [6, 6.07) is 0. The number of aryl methyl sites for hydroxylation is 2. The molecule has 142 valence electrons. The normalized spacial score (nSPS) is 25.4. The first-order valence-electron chi connectivity index (χ1n) is 8.21. The summed E-state index contributed by atoms with van der Waals surface area (Å²) < 4.78 is 74.5. The van der Waals surface area contributed by atoms with Crippen molar-refractivity contribution in [2.45, 2.75) is 37.4 Å². The van der Waals surface area contributed by atoms with Gasteiger partial charge >= 0.3 is 6.18 Å². The summed E-state index contributed by atoms with van der Waals surface area (Å²) in [5.41, 5.74) is -0.629. The molecule has 0 N–H and O–H groups in total. The van der Waals surface area contributed by atoms with Crippen molar-refractivity contribution in [2.75, 3.05) is 26.3 Å². The SMILES string of the molecule is Cc1cnn(C)c1S(=O)(=O)N1CC[C@H](C(F)(F)F)C2(CCOCC2)C1. The number of aromatic nitrogens is 2. The van der Waals surface area contributed by atoms with Crippen LogP contribution in [-0.2, 0) is 21.8 Å². The van der Waals surface area contributed by atoms with Crippen LogP contribution in [0, 0.1) is 18.3 Å². The summed E-state index contributed by atoms with van der Waals surface area (Å²) in [5, 5.41) is 3.99. The Bertz CT molecular complexity index is 719. The quantitative estimate of drug-likeness (QED) is 0.787. The number of sulfonamides is 1. The highest BCUT2D eigenvalue weighted by atomic mass is 32.2. The highest BCUT2D eigenvalue weighted by Gasteiger charge is 2.57. The number of hydrogen-bond donors (Lipinski definition) is 0. The van der Waals surface area contributed by atoms with Crippen molar-refractivity contribution in [3.05, 3.63) is 11.8 Å².